The zero-order valence-corrected chi connectivity index (χ0v) is 13.0. The lowest BCUT2D eigenvalue weighted by Crippen LogP contribution is -2.40. The number of carbonyl (C=O) groups is 1. The molecule has 0 spiro atoms. The van der Waals surface area contributed by atoms with Crippen molar-refractivity contribution >= 4 is 22.9 Å². The van der Waals surface area contributed by atoms with Gasteiger partial charge in [0.1, 0.15) is 6.04 Å². The van der Waals surface area contributed by atoms with Crippen molar-refractivity contribution < 1.29 is 4.79 Å². The van der Waals surface area contributed by atoms with Crippen LogP contribution in [0.3, 0.4) is 0 Å². The van der Waals surface area contributed by atoms with E-state index in [1.165, 1.54) is 10.4 Å². The second kappa shape index (κ2) is 6.31. The van der Waals surface area contributed by atoms with Gasteiger partial charge in [0.25, 0.3) is 0 Å². The lowest BCUT2D eigenvalue weighted by Gasteiger charge is -2.19. The molecular formula is C17H20N2OS. The van der Waals surface area contributed by atoms with Crippen molar-refractivity contribution in [3.05, 3.63) is 52.2 Å². The Bertz CT molecular complexity index is 584. The summed E-state index contributed by atoms with van der Waals surface area (Å²) in [6.45, 7) is 2.15. The van der Waals surface area contributed by atoms with E-state index in [-0.39, 0.29) is 18.0 Å². The smallest absolute Gasteiger partial charge is 0.243 e. The fraction of sp³-hybridized carbons (Fsp3) is 0.353. The minimum absolute atomic E-state index is 0.0954. The van der Waals surface area contributed by atoms with Crippen LogP contribution < -0.4 is 10.6 Å². The molecule has 2 atom stereocenters. The van der Waals surface area contributed by atoms with E-state index in [2.05, 4.69) is 35.1 Å². The Hall–Kier alpha value is -1.81. The monoisotopic (exact) mass is 300 g/mol. The van der Waals surface area contributed by atoms with Gasteiger partial charge in [-0.15, -0.1) is 11.3 Å². The Balaban J connectivity index is 1.66. The fourth-order valence-electron chi connectivity index (χ4n) is 2.79. The van der Waals surface area contributed by atoms with E-state index in [4.69, 9.17) is 0 Å². The van der Waals surface area contributed by atoms with Crippen LogP contribution in [0, 0.1) is 0 Å². The van der Waals surface area contributed by atoms with Crippen molar-refractivity contribution in [1.29, 1.82) is 0 Å². The Morgan fingerprint density at radius 1 is 1.38 bits per heavy atom. The Labute approximate surface area is 129 Å². The van der Waals surface area contributed by atoms with Gasteiger partial charge in [0, 0.05) is 17.0 Å². The topological polar surface area (TPSA) is 41.1 Å². The van der Waals surface area contributed by atoms with Crippen molar-refractivity contribution in [3.8, 4) is 0 Å². The molecule has 1 aliphatic heterocycles. The molecule has 0 fully saturated rings. The number of amides is 1. The molecule has 110 valence electrons. The van der Waals surface area contributed by atoms with Crippen LogP contribution in [-0.4, -0.2) is 11.9 Å². The molecule has 21 heavy (non-hydrogen) atoms. The van der Waals surface area contributed by atoms with Gasteiger partial charge >= 0.3 is 0 Å². The largest absolute Gasteiger partial charge is 0.373 e. The zero-order chi connectivity index (χ0) is 14.7. The molecule has 2 aromatic rings. The molecule has 3 rings (SSSR count). The Morgan fingerprint density at radius 2 is 2.24 bits per heavy atom. The summed E-state index contributed by atoms with van der Waals surface area (Å²) in [7, 11) is 0. The maximum Gasteiger partial charge on any atom is 0.243 e. The van der Waals surface area contributed by atoms with E-state index in [0.717, 1.165) is 24.9 Å². The summed E-state index contributed by atoms with van der Waals surface area (Å²) in [6.07, 6.45) is 2.80. The first-order valence-electron chi connectivity index (χ1n) is 7.46. The number of para-hydroxylation sites is 1. The van der Waals surface area contributed by atoms with Gasteiger partial charge in [-0.1, -0.05) is 37.6 Å². The van der Waals surface area contributed by atoms with E-state index in [9.17, 15) is 4.79 Å². The van der Waals surface area contributed by atoms with Gasteiger partial charge in [0.05, 0.1) is 6.04 Å². The summed E-state index contributed by atoms with van der Waals surface area (Å²) < 4.78 is 0. The van der Waals surface area contributed by atoms with Gasteiger partial charge in [0.15, 0.2) is 0 Å². The molecule has 2 heterocycles. The van der Waals surface area contributed by atoms with Gasteiger partial charge in [-0.2, -0.15) is 0 Å². The minimum atomic E-state index is -0.151. The van der Waals surface area contributed by atoms with Gasteiger partial charge in [-0.25, -0.2) is 0 Å². The molecule has 0 radical (unpaired) electrons. The van der Waals surface area contributed by atoms with Crippen LogP contribution in [0.25, 0.3) is 0 Å². The van der Waals surface area contributed by atoms with Crippen LogP contribution in [0.15, 0.2) is 41.8 Å². The first kappa shape index (κ1) is 14.1. The Morgan fingerprint density at radius 3 is 2.95 bits per heavy atom. The molecular weight excluding hydrogens is 280 g/mol. The molecule has 3 nitrogen and oxygen atoms in total. The predicted octanol–water partition coefficient (Wildman–Crippen LogP) is 3.74. The number of nitrogens with one attached hydrogen (secondary N) is 2. The minimum Gasteiger partial charge on any atom is -0.373 e. The summed E-state index contributed by atoms with van der Waals surface area (Å²) >= 11 is 1.71. The van der Waals surface area contributed by atoms with Gasteiger partial charge in [-0.05, 0) is 29.5 Å². The number of anilines is 1. The average Bonchev–Trinajstić information content (AvgIpc) is 3.16. The van der Waals surface area contributed by atoms with Crippen LogP contribution in [-0.2, 0) is 11.2 Å². The Kier molecular flexibility index (Phi) is 4.25. The average molecular weight is 300 g/mol. The molecule has 1 amide bonds. The SMILES string of the molecule is CCCC(NC(=O)C1Cc2ccccc2N1)c1cccs1. The molecule has 1 aromatic heterocycles. The van der Waals surface area contributed by atoms with E-state index >= 15 is 0 Å². The summed E-state index contributed by atoms with van der Waals surface area (Å²) in [4.78, 5) is 13.8. The van der Waals surface area contributed by atoms with E-state index < -0.39 is 0 Å². The standard InChI is InChI=1S/C17H20N2OS/c1-2-6-14(16-9-5-10-21-16)19-17(20)15-11-12-7-3-4-8-13(12)18-15/h3-5,7-10,14-15,18H,2,6,11H2,1H3,(H,19,20). The molecule has 4 heteroatoms. The summed E-state index contributed by atoms with van der Waals surface area (Å²) in [6, 6.07) is 12.3. The molecule has 0 saturated carbocycles. The number of hydrogen-bond donors (Lipinski definition) is 2. The highest BCUT2D eigenvalue weighted by Crippen LogP contribution is 2.27. The third-order valence-corrected chi connectivity index (χ3v) is 4.85. The molecule has 2 N–H and O–H groups in total. The van der Waals surface area contributed by atoms with E-state index in [0.29, 0.717) is 0 Å². The van der Waals surface area contributed by atoms with Gasteiger partial charge in [0.2, 0.25) is 5.91 Å². The van der Waals surface area contributed by atoms with Gasteiger partial charge < -0.3 is 10.6 Å². The number of hydrogen-bond acceptors (Lipinski definition) is 3. The molecule has 0 bridgehead atoms. The second-order valence-corrected chi connectivity index (χ2v) is 6.40. The number of rotatable bonds is 5. The quantitative estimate of drug-likeness (QED) is 0.883. The number of benzene rings is 1. The van der Waals surface area contributed by atoms with Crippen LogP contribution >= 0.6 is 11.3 Å². The van der Waals surface area contributed by atoms with E-state index in [1.807, 2.05) is 24.3 Å². The zero-order valence-electron chi connectivity index (χ0n) is 12.1. The second-order valence-electron chi connectivity index (χ2n) is 5.42. The third-order valence-electron chi connectivity index (χ3n) is 3.87. The lowest BCUT2D eigenvalue weighted by molar-refractivity contribution is -0.122. The van der Waals surface area contributed by atoms with Crippen LogP contribution in [0.5, 0.6) is 0 Å². The van der Waals surface area contributed by atoms with Crippen LogP contribution in [0.1, 0.15) is 36.2 Å². The van der Waals surface area contributed by atoms with Crippen molar-refractivity contribution in [2.24, 2.45) is 0 Å². The van der Waals surface area contributed by atoms with Crippen LogP contribution in [0.2, 0.25) is 0 Å². The number of carbonyl (C=O) groups excluding carboxylic acids is 1. The lowest BCUT2D eigenvalue weighted by atomic mass is 10.1. The maximum absolute atomic E-state index is 12.5. The summed E-state index contributed by atoms with van der Waals surface area (Å²) in [5, 5.41) is 8.59. The fourth-order valence-corrected chi connectivity index (χ4v) is 3.60. The van der Waals surface area contributed by atoms with Gasteiger partial charge in [-0.3, -0.25) is 4.79 Å². The highest BCUT2D eigenvalue weighted by atomic mass is 32.1. The normalized spacial score (nSPS) is 17.9. The molecule has 0 aliphatic carbocycles. The van der Waals surface area contributed by atoms with E-state index in [1.54, 1.807) is 11.3 Å². The van der Waals surface area contributed by atoms with Crippen molar-refractivity contribution in [1.82, 2.24) is 5.32 Å². The molecule has 1 aromatic carbocycles. The molecule has 2 unspecified atom stereocenters. The molecule has 0 saturated heterocycles. The first-order chi connectivity index (χ1) is 10.3. The van der Waals surface area contributed by atoms with Crippen molar-refractivity contribution in [2.75, 3.05) is 5.32 Å². The van der Waals surface area contributed by atoms with Crippen LogP contribution in [0.4, 0.5) is 5.69 Å². The number of thiophene rings is 1. The first-order valence-corrected chi connectivity index (χ1v) is 8.34. The molecule has 1 aliphatic rings. The highest BCUT2D eigenvalue weighted by Gasteiger charge is 2.28. The third kappa shape index (κ3) is 3.10. The van der Waals surface area contributed by atoms with Crippen molar-refractivity contribution in [2.45, 2.75) is 38.3 Å². The summed E-state index contributed by atoms with van der Waals surface area (Å²) in [5.74, 6) is 0.0954. The number of fused-ring (bicyclic) bond motifs is 1. The predicted molar refractivity (Wildman–Crippen MR) is 87.7 cm³/mol. The highest BCUT2D eigenvalue weighted by molar-refractivity contribution is 7.10. The van der Waals surface area contributed by atoms with Crippen molar-refractivity contribution in [3.63, 3.8) is 0 Å². The maximum atomic E-state index is 12.5. The summed E-state index contributed by atoms with van der Waals surface area (Å²) in [5.41, 5.74) is 2.31.